The lowest BCUT2D eigenvalue weighted by molar-refractivity contribution is -0.500. The summed E-state index contributed by atoms with van der Waals surface area (Å²) >= 11 is 0. The van der Waals surface area contributed by atoms with Gasteiger partial charge in [0, 0.05) is 12.5 Å². The average molecular weight is 402 g/mol. The number of carbonyl (C=O) groups excluding carboxylic acids is 1. The fraction of sp³-hybridized carbons (Fsp3) is 0.769. The van der Waals surface area contributed by atoms with Crippen LogP contribution in [0.1, 0.15) is 12.8 Å². The molecule has 150 valence electrons. The van der Waals surface area contributed by atoms with E-state index in [1.807, 2.05) is 0 Å². The molecule has 4 atom stereocenters. The molecule has 0 aromatic rings. The minimum atomic E-state index is -6.38. The molecular formula is C13H11F9O4. The predicted molar refractivity (Wildman–Crippen MR) is 63.9 cm³/mol. The Morgan fingerprint density at radius 3 is 1.88 bits per heavy atom. The fourth-order valence-electron chi connectivity index (χ4n) is 3.36. The van der Waals surface area contributed by atoms with E-state index in [2.05, 4.69) is 11.3 Å². The fourth-order valence-corrected chi connectivity index (χ4v) is 3.36. The largest absolute Gasteiger partial charge is 0.449 e. The van der Waals surface area contributed by atoms with Crippen LogP contribution in [0.25, 0.3) is 0 Å². The Kier molecular flexibility index (Phi) is 4.05. The lowest BCUT2D eigenvalue weighted by Gasteiger charge is -2.63. The van der Waals surface area contributed by atoms with E-state index in [4.69, 9.17) is 5.11 Å². The standard InChI is InChI=1S/C13H11F9O4/c1-2-6(23)26-8-3-7(15,5-14)11(17,18)10(25,12(8,19)20)13(21,22)9(16,24)4-8/h2,24-25H,1,3-5H2. The van der Waals surface area contributed by atoms with Crippen LogP contribution in [0.3, 0.4) is 0 Å². The van der Waals surface area contributed by atoms with Crippen molar-refractivity contribution in [2.24, 2.45) is 0 Å². The molecular weight excluding hydrogens is 391 g/mol. The highest BCUT2D eigenvalue weighted by atomic mass is 19.3. The summed E-state index contributed by atoms with van der Waals surface area (Å²) < 4.78 is 131. The van der Waals surface area contributed by atoms with Gasteiger partial charge in [-0.2, -0.15) is 26.3 Å². The van der Waals surface area contributed by atoms with Gasteiger partial charge in [-0.3, -0.25) is 0 Å². The predicted octanol–water partition coefficient (Wildman–Crippen LogP) is 2.23. The van der Waals surface area contributed by atoms with Crippen LogP contribution in [0.15, 0.2) is 12.7 Å². The first-order valence-corrected chi connectivity index (χ1v) is 6.80. The molecule has 2 saturated carbocycles. The van der Waals surface area contributed by atoms with Gasteiger partial charge in [0.25, 0.3) is 11.5 Å². The van der Waals surface area contributed by atoms with Crippen molar-refractivity contribution in [2.45, 2.75) is 53.3 Å². The van der Waals surface area contributed by atoms with E-state index in [0.29, 0.717) is 0 Å². The second-order valence-corrected chi connectivity index (χ2v) is 6.26. The number of aliphatic hydroxyl groups is 2. The Bertz CT molecular complexity index is 652. The van der Waals surface area contributed by atoms with Crippen molar-refractivity contribution in [2.75, 3.05) is 6.67 Å². The van der Waals surface area contributed by atoms with Gasteiger partial charge in [0.1, 0.15) is 6.67 Å². The monoisotopic (exact) mass is 402 g/mol. The van der Waals surface area contributed by atoms with Gasteiger partial charge < -0.3 is 14.9 Å². The third-order valence-electron chi connectivity index (χ3n) is 4.74. The van der Waals surface area contributed by atoms with Crippen molar-refractivity contribution < 1.29 is 59.3 Å². The number of halogens is 9. The van der Waals surface area contributed by atoms with E-state index in [1.54, 1.807) is 0 Å². The SMILES string of the molecule is C=CC(=O)OC12CC(O)(F)C(F)(F)C(O)(C(F)(F)C(F)(CF)C1)C2(F)F. The highest BCUT2D eigenvalue weighted by molar-refractivity contribution is 5.81. The zero-order valence-electron chi connectivity index (χ0n) is 12.5. The number of hydrogen-bond acceptors (Lipinski definition) is 4. The third kappa shape index (κ3) is 1.87. The van der Waals surface area contributed by atoms with Gasteiger partial charge in [-0.1, -0.05) is 6.58 Å². The lowest BCUT2D eigenvalue weighted by Crippen LogP contribution is -2.91. The molecule has 0 aromatic carbocycles. The van der Waals surface area contributed by atoms with Crippen molar-refractivity contribution in [3.05, 3.63) is 12.7 Å². The van der Waals surface area contributed by atoms with E-state index in [0.717, 1.165) is 0 Å². The van der Waals surface area contributed by atoms with Gasteiger partial charge in [-0.05, 0) is 0 Å². The number of esters is 1. The maximum absolute atomic E-state index is 14.6. The zero-order valence-corrected chi connectivity index (χ0v) is 12.5. The molecule has 0 saturated heterocycles. The molecule has 2 aliphatic carbocycles. The van der Waals surface area contributed by atoms with Crippen molar-refractivity contribution in [3.63, 3.8) is 0 Å². The van der Waals surface area contributed by atoms with Crippen molar-refractivity contribution in [1.82, 2.24) is 0 Å². The molecule has 4 unspecified atom stereocenters. The minimum Gasteiger partial charge on any atom is -0.449 e. The number of carbonyl (C=O) groups is 1. The van der Waals surface area contributed by atoms with Crippen molar-refractivity contribution >= 4 is 5.97 Å². The molecule has 4 nitrogen and oxygen atoms in total. The van der Waals surface area contributed by atoms with Crippen LogP contribution in [0.5, 0.6) is 0 Å². The first-order valence-electron chi connectivity index (χ1n) is 6.80. The lowest BCUT2D eigenvalue weighted by atomic mass is 9.54. The van der Waals surface area contributed by atoms with Crippen molar-refractivity contribution in [1.29, 1.82) is 0 Å². The number of alkyl halides is 9. The zero-order chi connectivity index (χ0) is 20.6. The second-order valence-electron chi connectivity index (χ2n) is 6.26. The van der Waals surface area contributed by atoms with Gasteiger partial charge in [-0.25, -0.2) is 18.0 Å². The van der Waals surface area contributed by atoms with Gasteiger partial charge >= 0.3 is 23.7 Å². The van der Waals surface area contributed by atoms with E-state index in [-0.39, 0.29) is 6.08 Å². The minimum absolute atomic E-state index is 0.121. The Morgan fingerprint density at radius 2 is 1.46 bits per heavy atom. The topological polar surface area (TPSA) is 66.8 Å². The second kappa shape index (κ2) is 5.06. The Labute approximate surface area is 139 Å². The molecule has 0 radical (unpaired) electrons. The summed E-state index contributed by atoms with van der Waals surface area (Å²) in [6, 6.07) is 0. The highest BCUT2D eigenvalue weighted by Crippen LogP contribution is 2.72. The van der Waals surface area contributed by atoms with Gasteiger partial charge in [0.05, 0.1) is 6.42 Å². The van der Waals surface area contributed by atoms with Gasteiger partial charge in [-0.15, -0.1) is 0 Å². The summed E-state index contributed by atoms with van der Waals surface area (Å²) in [6.45, 7) is -0.127. The molecule has 2 aliphatic rings. The number of rotatable bonds is 3. The van der Waals surface area contributed by atoms with Crippen LogP contribution in [0.2, 0.25) is 0 Å². The summed E-state index contributed by atoms with van der Waals surface area (Å²) in [4.78, 5) is 11.2. The number of fused-ring (bicyclic) bond motifs is 2. The summed E-state index contributed by atoms with van der Waals surface area (Å²) in [5.41, 5.74) is -15.4. The molecule has 0 amide bonds. The molecule has 2 fully saturated rings. The van der Waals surface area contributed by atoms with Crippen LogP contribution in [-0.2, 0) is 9.53 Å². The third-order valence-corrected chi connectivity index (χ3v) is 4.74. The molecule has 0 aromatic heterocycles. The number of hydrogen-bond donors (Lipinski definition) is 2. The quantitative estimate of drug-likeness (QED) is 0.432. The summed E-state index contributed by atoms with van der Waals surface area (Å²) in [5, 5.41) is 18.7. The Balaban J connectivity index is 2.91. The van der Waals surface area contributed by atoms with Crippen molar-refractivity contribution in [3.8, 4) is 0 Å². The van der Waals surface area contributed by atoms with E-state index >= 15 is 0 Å². The van der Waals surface area contributed by atoms with E-state index in [1.165, 1.54) is 0 Å². The number of ether oxygens (including phenoxy) is 1. The molecule has 0 spiro atoms. The summed E-state index contributed by atoms with van der Waals surface area (Å²) in [7, 11) is 0. The van der Waals surface area contributed by atoms with Crippen LogP contribution in [0.4, 0.5) is 39.5 Å². The molecule has 26 heavy (non-hydrogen) atoms. The maximum Gasteiger partial charge on any atom is 0.345 e. The van der Waals surface area contributed by atoms with Gasteiger partial charge in [0.15, 0.2) is 5.60 Å². The maximum atomic E-state index is 14.6. The van der Waals surface area contributed by atoms with Crippen LogP contribution < -0.4 is 0 Å². The van der Waals surface area contributed by atoms with Crippen LogP contribution in [0, 0.1) is 0 Å². The molecule has 0 heterocycles. The normalized spacial score (nSPS) is 45.7. The first-order chi connectivity index (χ1) is 11.4. The first kappa shape index (κ1) is 20.8. The molecule has 13 heteroatoms. The molecule has 2 rings (SSSR count). The molecule has 0 aliphatic heterocycles. The summed E-state index contributed by atoms with van der Waals surface area (Å²) in [5.74, 6) is -25.8. The Morgan fingerprint density at radius 1 is 0.962 bits per heavy atom. The van der Waals surface area contributed by atoms with E-state index in [9.17, 15) is 49.4 Å². The van der Waals surface area contributed by atoms with Crippen LogP contribution >= 0.6 is 0 Å². The Hall–Kier alpha value is -1.50. The average Bonchev–Trinajstić information content (AvgIpc) is 2.50. The smallest absolute Gasteiger partial charge is 0.345 e. The van der Waals surface area contributed by atoms with Crippen LogP contribution in [-0.4, -0.2) is 63.4 Å². The molecule has 2 N–H and O–H groups in total. The molecule has 2 bridgehead atoms. The van der Waals surface area contributed by atoms with Gasteiger partial charge in [0.2, 0.25) is 5.67 Å². The summed E-state index contributed by atoms with van der Waals surface area (Å²) in [6.07, 6.45) is -5.03. The van der Waals surface area contributed by atoms with E-state index < -0.39 is 66.0 Å². The highest BCUT2D eigenvalue weighted by Gasteiger charge is 2.99.